The van der Waals surface area contributed by atoms with Crippen LogP contribution in [0.4, 0.5) is 5.13 Å². The fourth-order valence-electron chi connectivity index (χ4n) is 1.90. The van der Waals surface area contributed by atoms with Gasteiger partial charge in [0.15, 0.2) is 5.13 Å². The van der Waals surface area contributed by atoms with E-state index >= 15 is 0 Å². The van der Waals surface area contributed by atoms with Crippen LogP contribution in [0.5, 0.6) is 0 Å². The van der Waals surface area contributed by atoms with Gasteiger partial charge in [0.05, 0.1) is 11.6 Å². The van der Waals surface area contributed by atoms with Crippen molar-refractivity contribution in [3.05, 3.63) is 10.6 Å². The fraction of sp³-hybridized carbons (Fsp3) is 0.692. The molecule has 1 aromatic heterocycles. The highest BCUT2D eigenvalue weighted by atomic mass is 32.1. The molecule has 0 saturated carbocycles. The number of carbonyl (C=O) groups is 1. The summed E-state index contributed by atoms with van der Waals surface area (Å²) in [7, 11) is 0. The van der Waals surface area contributed by atoms with Gasteiger partial charge in [-0.1, -0.05) is 20.8 Å². The summed E-state index contributed by atoms with van der Waals surface area (Å²) >= 11 is 1.53. The second-order valence-electron chi connectivity index (χ2n) is 4.93. The molecule has 1 aromatic rings. The van der Waals surface area contributed by atoms with E-state index in [1.54, 1.807) is 0 Å². The zero-order valence-electron chi connectivity index (χ0n) is 11.6. The lowest BCUT2D eigenvalue weighted by atomic mass is 9.96. The first-order chi connectivity index (χ1) is 8.47. The van der Waals surface area contributed by atoms with Crippen molar-refractivity contribution >= 4 is 22.4 Å². The number of nitrogens with two attached hydrogens (primary N) is 1. The Kier molecular flexibility index (Phi) is 5.75. The van der Waals surface area contributed by atoms with Gasteiger partial charge < -0.3 is 11.1 Å². The highest BCUT2D eigenvalue weighted by molar-refractivity contribution is 7.15. The molecule has 4 nitrogen and oxygen atoms in total. The van der Waals surface area contributed by atoms with E-state index in [4.69, 9.17) is 5.73 Å². The van der Waals surface area contributed by atoms with Crippen molar-refractivity contribution in [2.24, 2.45) is 17.6 Å². The number of amides is 1. The van der Waals surface area contributed by atoms with Crippen LogP contribution in [0.3, 0.4) is 0 Å². The Labute approximate surface area is 113 Å². The predicted octanol–water partition coefficient (Wildman–Crippen LogP) is 2.57. The van der Waals surface area contributed by atoms with Crippen molar-refractivity contribution in [3.8, 4) is 0 Å². The molecule has 1 rings (SSSR count). The monoisotopic (exact) mass is 269 g/mol. The Bertz CT molecular complexity index is 401. The van der Waals surface area contributed by atoms with Crippen LogP contribution in [0, 0.1) is 18.8 Å². The standard InChI is InChI=1S/C13H23N3OS/c1-5-11-9(4)18-13(15-11)16-12(17)10(7-14)6-8(2)3/h8,10H,5-7,14H2,1-4H3,(H,15,16,17). The summed E-state index contributed by atoms with van der Waals surface area (Å²) in [5.41, 5.74) is 6.72. The Morgan fingerprint density at radius 2 is 2.17 bits per heavy atom. The largest absolute Gasteiger partial charge is 0.330 e. The Hall–Kier alpha value is -0.940. The molecule has 1 amide bonds. The quantitative estimate of drug-likeness (QED) is 0.834. The number of carbonyl (C=O) groups excluding carboxylic acids is 1. The molecular weight excluding hydrogens is 246 g/mol. The molecule has 102 valence electrons. The third kappa shape index (κ3) is 4.07. The average molecular weight is 269 g/mol. The molecule has 0 aliphatic rings. The van der Waals surface area contributed by atoms with Gasteiger partial charge in [-0.3, -0.25) is 4.79 Å². The van der Waals surface area contributed by atoms with Gasteiger partial charge in [-0.2, -0.15) is 0 Å². The molecule has 0 radical (unpaired) electrons. The molecule has 0 saturated heterocycles. The lowest BCUT2D eigenvalue weighted by Gasteiger charge is -2.15. The molecule has 18 heavy (non-hydrogen) atoms. The number of rotatable bonds is 6. The van der Waals surface area contributed by atoms with Crippen molar-refractivity contribution in [1.82, 2.24) is 4.98 Å². The molecular formula is C13H23N3OS. The van der Waals surface area contributed by atoms with Crippen LogP contribution in [0.1, 0.15) is 37.8 Å². The van der Waals surface area contributed by atoms with Gasteiger partial charge in [0.25, 0.3) is 0 Å². The number of aryl methyl sites for hydroxylation is 2. The van der Waals surface area contributed by atoms with E-state index in [9.17, 15) is 4.79 Å². The molecule has 1 atom stereocenters. The highest BCUT2D eigenvalue weighted by Gasteiger charge is 2.19. The number of hydrogen-bond donors (Lipinski definition) is 2. The summed E-state index contributed by atoms with van der Waals surface area (Å²) in [4.78, 5) is 17.6. The number of hydrogen-bond acceptors (Lipinski definition) is 4. The molecule has 0 aliphatic heterocycles. The van der Waals surface area contributed by atoms with E-state index in [0.717, 1.165) is 18.5 Å². The van der Waals surface area contributed by atoms with Gasteiger partial charge in [0.1, 0.15) is 0 Å². The van der Waals surface area contributed by atoms with Crippen LogP contribution in [0.15, 0.2) is 0 Å². The van der Waals surface area contributed by atoms with Crippen LogP contribution in [0.25, 0.3) is 0 Å². The zero-order valence-corrected chi connectivity index (χ0v) is 12.4. The molecule has 0 aromatic carbocycles. The SMILES string of the molecule is CCc1nc(NC(=O)C(CN)CC(C)C)sc1C. The lowest BCUT2D eigenvalue weighted by molar-refractivity contribution is -0.120. The van der Waals surface area contributed by atoms with Crippen LogP contribution in [-0.2, 0) is 11.2 Å². The van der Waals surface area contributed by atoms with E-state index < -0.39 is 0 Å². The van der Waals surface area contributed by atoms with Gasteiger partial charge in [0, 0.05) is 11.4 Å². The van der Waals surface area contributed by atoms with Crippen molar-refractivity contribution in [2.45, 2.75) is 40.5 Å². The van der Waals surface area contributed by atoms with E-state index in [2.05, 4.69) is 31.1 Å². The van der Waals surface area contributed by atoms with E-state index in [1.165, 1.54) is 16.2 Å². The Morgan fingerprint density at radius 3 is 2.61 bits per heavy atom. The van der Waals surface area contributed by atoms with Gasteiger partial charge in [-0.25, -0.2) is 4.98 Å². The molecule has 0 bridgehead atoms. The minimum Gasteiger partial charge on any atom is -0.330 e. The Balaban J connectivity index is 2.67. The van der Waals surface area contributed by atoms with Crippen LogP contribution >= 0.6 is 11.3 Å². The lowest BCUT2D eigenvalue weighted by Crippen LogP contribution is -2.30. The predicted molar refractivity (Wildman–Crippen MR) is 76.9 cm³/mol. The number of anilines is 1. The first-order valence-corrected chi connectivity index (χ1v) is 7.26. The van der Waals surface area contributed by atoms with Crippen LogP contribution < -0.4 is 11.1 Å². The van der Waals surface area contributed by atoms with Gasteiger partial charge >= 0.3 is 0 Å². The molecule has 0 fully saturated rings. The van der Waals surface area contributed by atoms with Crippen LogP contribution in [0.2, 0.25) is 0 Å². The van der Waals surface area contributed by atoms with Crippen LogP contribution in [-0.4, -0.2) is 17.4 Å². The summed E-state index contributed by atoms with van der Waals surface area (Å²) in [6.45, 7) is 8.67. The third-order valence-electron chi connectivity index (χ3n) is 2.87. The van der Waals surface area contributed by atoms with Gasteiger partial charge in [-0.15, -0.1) is 11.3 Å². The molecule has 1 heterocycles. The first-order valence-electron chi connectivity index (χ1n) is 6.45. The highest BCUT2D eigenvalue weighted by Crippen LogP contribution is 2.23. The molecule has 0 aliphatic carbocycles. The number of aromatic nitrogens is 1. The van der Waals surface area contributed by atoms with Crippen molar-refractivity contribution in [2.75, 3.05) is 11.9 Å². The zero-order chi connectivity index (χ0) is 13.7. The number of nitrogens with one attached hydrogen (secondary N) is 1. The summed E-state index contributed by atoms with van der Waals surface area (Å²) in [5.74, 6) is 0.329. The molecule has 5 heteroatoms. The fourth-order valence-corrected chi connectivity index (χ4v) is 2.80. The minimum absolute atomic E-state index is 0.0115. The molecule has 0 spiro atoms. The van der Waals surface area contributed by atoms with Crippen molar-refractivity contribution in [1.29, 1.82) is 0 Å². The maximum absolute atomic E-state index is 12.1. The second kappa shape index (κ2) is 6.85. The maximum atomic E-state index is 12.1. The molecule has 3 N–H and O–H groups in total. The number of thiazole rings is 1. The smallest absolute Gasteiger partial charge is 0.230 e. The van der Waals surface area contributed by atoms with Crippen molar-refractivity contribution in [3.63, 3.8) is 0 Å². The van der Waals surface area contributed by atoms with Gasteiger partial charge in [-0.05, 0) is 25.7 Å². The summed E-state index contributed by atoms with van der Waals surface area (Å²) < 4.78 is 0. The third-order valence-corrected chi connectivity index (χ3v) is 3.80. The first kappa shape index (κ1) is 15.1. The molecule has 1 unspecified atom stereocenters. The summed E-state index contributed by atoms with van der Waals surface area (Å²) in [5, 5.41) is 3.57. The maximum Gasteiger partial charge on any atom is 0.230 e. The minimum atomic E-state index is -0.126. The Morgan fingerprint density at radius 1 is 1.50 bits per heavy atom. The average Bonchev–Trinajstić information content (AvgIpc) is 2.65. The van der Waals surface area contributed by atoms with E-state index in [1.807, 2.05) is 6.92 Å². The van der Waals surface area contributed by atoms with Crippen molar-refractivity contribution < 1.29 is 4.79 Å². The van der Waals surface area contributed by atoms with E-state index in [-0.39, 0.29) is 11.8 Å². The van der Waals surface area contributed by atoms with Gasteiger partial charge in [0.2, 0.25) is 5.91 Å². The second-order valence-corrected chi connectivity index (χ2v) is 6.13. The van der Waals surface area contributed by atoms with E-state index in [0.29, 0.717) is 17.6 Å². The summed E-state index contributed by atoms with van der Waals surface area (Å²) in [6.07, 6.45) is 1.71. The normalized spacial score (nSPS) is 12.8. The summed E-state index contributed by atoms with van der Waals surface area (Å²) in [6, 6.07) is 0. The number of nitrogens with zero attached hydrogens (tertiary/aromatic N) is 1. The topological polar surface area (TPSA) is 68.0 Å².